The lowest BCUT2D eigenvalue weighted by Crippen LogP contribution is -2.64. The summed E-state index contributed by atoms with van der Waals surface area (Å²) in [4.78, 5) is 2.68. The van der Waals surface area contributed by atoms with Crippen molar-refractivity contribution in [3.05, 3.63) is 11.1 Å². The normalized spacial score (nSPS) is 30.8. The van der Waals surface area contributed by atoms with Crippen LogP contribution in [0.4, 0.5) is 0 Å². The van der Waals surface area contributed by atoms with Gasteiger partial charge in [-0.3, -0.25) is 4.90 Å². The van der Waals surface area contributed by atoms with Crippen molar-refractivity contribution < 1.29 is 0 Å². The zero-order valence-electron chi connectivity index (χ0n) is 11.1. The van der Waals surface area contributed by atoms with E-state index >= 15 is 0 Å². The highest BCUT2D eigenvalue weighted by molar-refractivity contribution is 6.25. The maximum atomic E-state index is 5.83. The fraction of sp³-hybridized carbons (Fsp3) is 0.857. The number of hydrogen-bond acceptors (Lipinski definition) is 2. The van der Waals surface area contributed by atoms with E-state index in [9.17, 15) is 0 Å². The highest BCUT2D eigenvalue weighted by atomic mass is 35.5. The van der Waals surface area contributed by atoms with E-state index in [0.717, 1.165) is 19.6 Å². The molecule has 1 spiro atoms. The van der Waals surface area contributed by atoms with Crippen LogP contribution in [0.25, 0.3) is 0 Å². The van der Waals surface area contributed by atoms with E-state index in [4.69, 9.17) is 11.6 Å². The minimum absolute atomic E-state index is 0.409. The van der Waals surface area contributed by atoms with E-state index < -0.39 is 0 Å². The molecule has 0 amide bonds. The third-order valence-electron chi connectivity index (χ3n) is 4.36. The van der Waals surface area contributed by atoms with E-state index in [1.165, 1.54) is 37.7 Å². The van der Waals surface area contributed by atoms with Gasteiger partial charge >= 0.3 is 0 Å². The number of piperazine rings is 1. The summed E-state index contributed by atoms with van der Waals surface area (Å²) in [5.74, 6) is 0. The van der Waals surface area contributed by atoms with E-state index in [-0.39, 0.29) is 0 Å². The molecule has 0 bridgehead atoms. The average Bonchev–Trinajstić information content (AvgIpc) is 2.35. The van der Waals surface area contributed by atoms with Gasteiger partial charge in [0.2, 0.25) is 0 Å². The molecular formula is C14H25ClN2. The van der Waals surface area contributed by atoms with Crippen molar-refractivity contribution in [3.63, 3.8) is 0 Å². The van der Waals surface area contributed by atoms with Crippen LogP contribution in [0.3, 0.4) is 0 Å². The first kappa shape index (κ1) is 13.4. The monoisotopic (exact) mass is 256 g/mol. The molecule has 0 aromatic heterocycles. The molecule has 1 aliphatic heterocycles. The maximum Gasteiger partial charge on any atom is 0.0338 e. The van der Waals surface area contributed by atoms with E-state index in [2.05, 4.69) is 24.1 Å². The maximum absolute atomic E-state index is 5.83. The number of rotatable bonds is 2. The molecular weight excluding hydrogens is 232 g/mol. The van der Waals surface area contributed by atoms with Crippen LogP contribution in [0, 0.1) is 0 Å². The molecule has 0 aromatic carbocycles. The zero-order chi connectivity index (χ0) is 12.3. The summed E-state index contributed by atoms with van der Waals surface area (Å²) in [5, 5.41) is 3.67. The standard InChI is InChI=1S/C14H25ClN2/c1-12(8-15)9-17-10-13(2)16-11-14(17)6-4-3-5-7-14/h8,13,16H,3-7,9-11H2,1-2H3. The second-order valence-electron chi connectivity index (χ2n) is 5.90. The van der Waals surface area contributed by atoms with Gasteiger partial charge in [0.1, 0.15) is 0 Å². The van der Waals surface area contributed by atoms with Gasteiger partial charge in [-0.05, 0) is 32.3 Å². The predicted molar refractivity (Wildman–Crippen MR) is 74.5 cm³/mol. The van der Waals surface area contributed by atoms with Crippen molar-refractivity contribution in [1.29, 1.82) is 0 Å². The van der Waals surface area contributed by atoms with E-state index in [1.54, 1.807) is 5.54 Å². The largest absolute Gasteiger partial charge is 0.311 e. The number of hydrogen-bond donors (Lipinski definition) is 1. The summed E-state index contributed by atoms with van der Waals surface area (Å²) in [7, 11) is 0. The first-order chi connectivity index (χ1) is 8.16. The minimum atomic E-state index is 0.409. The molecule has 1 heterocycles. The summed E-state index contributed by atoms with van der Waals surface area (Å²) in [5.41, 5.74) is 3.43. The lowest BCUT2D eigenvalue weighted by atomic mass is 9.78. The quantitative estimate of drug-likeness (QED) is 0.817. The summed E-state index contributed by atoms with van der Waals surface area (Å²) < 4.78 is 0. The Hall–Kier alpha value is -0.0500. The lowest BCUT2D eigenvalue weighted by Gasteiger charge is -2.51. The highest BCUT2D eigenvalue weighted by Crippen LogP contribution is 2.35. The Kier molecular flexibility index (Phi) is 4.51. The van der Waals surface area contributed by atoms with Crippen molar-refractivity contribution in [2.45, 2.75) is 57.5 Å². The Bertz CT molecular complexity index is 282. The van der Waals surface area contributed by atoms with Crippen molar-refractivity contribution >= 4 is 11.6 Å². The smallest absolute Gasteiger partial charge is 0.0338 e. The second-order valence-corrected chi connectivity index (χ2v) is 6.12. The Morgan fingerprint density at radius 1 is 1.41 bits per heavy atom. The van der Waals surface area contributed by atoms with Crippen LogP contribution in [0.15, 0.2) is 11.1 Å². The number of nitrogens with one attached hydrogen (secondary N) is 1. The minimum Gasteiger partial charge on any atom is -0.311 e. The van der Waals surface area contributed by atoms with Crippen LogP contribution in [0.5, 0.6) is 0 Å². The third kappa shape index (κ3) is 3.04. The van der Waals surface area contributed by atoms with Crippen LogP contribution in [-0.2, 0) is 0 Å². The molecule has 0 aromatic rings. The second kappa shape index (κ2) is 5.73. The van der Waals surface area contributed by atoms with Gasteiger partial charge in [-0.2, -0.15) is 0 Å². The van der Waals surface area contributed by atoms with Gasteiger partial charge < -0.3 is 5.32 Å². The number of halogens is 1. The Morgan fingerprint density at radius 2 is 2.12 bits per heavy atom. The molecule has 0 radical (unpaired) electrons. The highest BCUT2D eigenvalue weighted by Gasteiger charge is 2.40. The fourth-order valence-electron chi connectivity index (χ4n) is 3.34. The van der Waals surface area contributed by atoms with Crippen LogP contribution < -0.4 is 5.32 Å². The summed E-state index contributed by atoms with van der Waals surface area (Å²) in [6, 6.07) is 0.602. The molecule has 17 heavy (non-hydrogen) atoms. The van der Waals surface area contributed by atoms with E-state index in [1.807, 2.05) is 0 Å². The molecule has 1 unspecified atom stereocenters. The average molecular weight is 257 g/mol. The van der Waals surface area contributed by atoms with Crippen molar-refractivity contribution in [2.24, 2.45) is 0 Å². The van der Waals surface area contributed by atoms with E-state index in [0.29, 0.717) is 11.6 Å². The lowest BCUT2D eigenvalue weighted by molar-refractivity contribution is 0.0204. The van der Waals surface area contributed by atoms with Gasteiger partial charge in [0.15, 0.2) is 0 Å². The Labute approximate surface area is 110 Å². The third-order valence-corrected chi connectivity index (χ3v) is 4.73. The summed E-state index contributed by atoms with van der Waals surface area (Å²) >= 11 is 5.83. The van der Waals surface area contributed by atoms with Gasteiger partial charge in [-0.15, -0.1) is 0 Å². The van der Waals surface area contributed by atoms with Gasteiger partial charge in [0, 0.05) is 36.8 Å². The molecule has 1 saturated carbocycles. The SMILES string of the molecule is CC(=CCl)CN1CC(C)NCC12CCCCC2. The van der Waals surface area contributed by atoms with Gasteiger partial charge in [-0.1, -0.05) is 30.9 Å². The van der Waals surface area contributed by atoms with Crippen molar-refractivity contribution in [1.82, 2.24) is 10.2 Å². The molecule has 1 atom stereocenters. The van der Waals surface area contributed by atoms with Crippen LogP contribution in [0.2, 0.25) is 0 Å². The zero-order valence-corrected chi connectivity index (χ0v) is 11.9. The molecule has 2 nitrogen and oxygen atoms in total. The Balaban J connectivity index is 2.10. The topological polar surface area (TPSA) is 15.3 Å². The number of nitrogens with zero attached hydrogens (tertiary/aromatic N) is 1. The molecule has 2 rings (SSSR count). The van der Waals surface area contributed by atoms with Crippen LogP contribution in [0.1, 0.15) is 46.0 Å². The summed E-state index contributed by atoms with van der Waals surface area (Å²) in [6.45, 7) is 7.76. The Morgan fingerprint density at radius 3 is 2.76 bits per heavy atom. The summed E-state index contributed by atoms with van der Waals surface area (Å²) in [6.07, 6.45) is 6.88. The molecule has 1 N–H and O–H groups in total. The molecule has 98 valence electrons. The van der Waals surface area contributed by atoms with Crippen molar-refractivity contribution in [3.8, 4) is 0 Å². The molecule has 2 fully saturated rings. The first-order valence-corrected chi connectivity index (χ1v) is 7.34. The van der Waals surface area contributed by atoms with Crippen LogP contribution >= 0.6 is 11.6 Å². The van der Waals surface area contributed by atoms with Gasteiger partial charge in [0.05, 0.1) is 0 Å². The molecule has 1 aliphatic carbocycles. The molecule has 1 saturated heterocycles. The molecule has 3 heteroatoms. The first-order valence-electron chi connectivity index (χ1n) is 6.90. The van der Waals surface area contributed by atoms with Gasteiger partial charge in [0.25, 0.3) is 0 Å². The predicted octanol–water partition coefficient (Wildman–Crippen LogP) is 3.13. The van der Waals surface area contributed by atoms with Crippen LogP contribution in [-0.4, -0.2) is 36.1 Å². The molecule has 2 aliphatic rings. The fourth-order valence-corrected chi connectivity index (χ4v) is 3.40. The van der Waals surface area contributed by atoms with Crippen molar-refractivity contribution in [2.75, 3.05) is 19.6 Å². The van der Waals surface area contributed by atoms with Gasteiger partial charge in [-0.25, -0.2) is 0 Å².